The van der Waals surface area contributed by atoms with Gasteiger partial charge in [-0.1, -0.05) is 12.8 Å². The summed E-state index contributed by atoms with van der Waals surface area (Å²) in [6.45, 7) is 4.95. The minimum Gasteiger partial charge on any atom is -0.492 e. The summed E-state index contributed by atoms with van der Waals surface area (Å²) in [5.74, 6) is 0.724. The molecule has 0 spiro atoms. The SMILES string of the molecule is CCOC(=O)CCCCCCOc1ccc(C)nc1. The van der Waals surface area contributed by atoms with E-state index in [9.17, 15) is 4.79 Å². The van der Waals surface area contributed by atoms with Crippen molar-refractivity contribution in [3.63, 3.8) is 0 Å². The molecule has 0 saturated heterocycles. The molecule has 0 aromatic carbocycles. The molecule has 0 bridgehead atoms. The molecule has 1 aromatic rings. The lowest BCUT2D eigenvalue weighted by atomic mass is 10.1. The summed E-state index contributed by atoms with van der Waals surface area (Å²) >= 11 is 0. The van der Waals surface area contributed by atoms with Crippen molar-refractivity contribution >= 4 is 5.97 Å². The van der Waals surface area contributed by atoms with E-state index in [4.69, 9.17) is 9.47 Å². The number of unbranched alkanes of at least 4 members (excludes halogenated alkanes) is 3. The minimum atomic E-state index is -0.0931. The summed E-state index contributed by atoms with van der Waals surface area (Å²) in [6.07, 6.45) is 6.27. The fourth-order valence-electron chi connectivity index (χ4n) is 1.69. The van der Waals surface area contributed by atoms with Crippen LogP contribution >= 0.6 is 0 Å². The van der Waals surface area contributed by atoms with Gasteiger partial charge < -0.3 is 9.47 Å². The maximum atomic E-state index is 11.1. The van der Waals surface area contributed by atoms with Crippen molar-refractivity contribution < 1.29 is 14.3 Å². The minimum absolute atomic E-state index is 0.0931. The van der Waals surface area contributed by atoms with Crippen molar-refractivity contribution in [3.05, 3.63) is 24.0 Å². The number of pyridine rings is 1. The van der Waals surface area contributed by atoms with Crippen LogP contribution in [0.2, 0.25) is 0 Å². The molecule has 1 heterocycles. The van der Waals surface area contributed by atoms with E-state index in [-0.39, 0.29) is 5.97 Å². The van der Waals surface area contributed by atoms with E-state index in [0.717, 1.165) is 37.1 Å². The van der Waals surface area contributed by atoms with Crippen LogP contribution in [0.5, 0.6) is 5.75 Å². The number of nitrogens with zero attached hydrogens (tertiary/aromatic N) is 1. The Hall–Kier alpha value is -1.58. The first-order chi connectivity index (χ1) is 9.22. The number of carbonyl (C=O) groups is 1. The zero-order chi connectivity index (χ0) is 13.9. The van der Waals surface area contributed by atoms with Crippen molar-refractivity contribution in [3.8, 4) is 5.75 Å². The second-order valence-corrected chi connectivity index (χ2v) is 4.45. The monoisotopic (exact) mass is 265 g/mol. The van der Waals surface area contributed by atoms with E-state index in [1.807, 2.05) is 26.0 Å². The van der Waals surface area contributed by atoms with E-state index in [1.54, 1.807) is 6.20 Å². The first-order valence-corrected chi connectivity index (χ1v) is 6.93. The Morgan fingerprint density at radius 3 is 2.68 bits per heavy atom. The first kappa shape index (κ1) is 15.5. The van der Waals surface area contributed by atoms with Crippen LogP contribution in [0.4, 0.5) is 0 Å². The summed E-state index contributed by atoms with van der Waals surface area (Å²) in [6, 6.07) is 3.87. The Morgan fingerprint density at radius 1 is 1.21 bits per heavy atom. The van der Waals surface area contributed by atoms with Crippen LogP contribution in [0.25, 0.3) is 0 Å². The standard InChI is InChI=1S/C15H23NO3/c1-3-18-15(17)8-6-4-5-7-11-19-14-10-9-13(2)16-12-14/h9-10,12H,3-8,11H2,1-2H3. The highest BCUT2D eigenvalue weighted by Gasteiger charge is 2.00. The van der Waals surface area contributed by atoms with E-state index in [2.05, 4.69) is 4.98 Å². The van der Waals surface area contributed by atoms with Gasteiger partial charge in [-0.3, -0.25) is 9.78 Å². The molecule has 4 nitrogen and oxygen atoms in total. The smallest absolute Gasteiger partial charge is 0.305 e. The van der Waals surface area contributed by atoms with E-state index >= 15 is 0 Å². The molecule has 0 N–H and O–H groups in total. The maximum absolute atomic E-state index is 11.1. The number of aryl methyl sites for hydroxylation is 1. The molecule has 0 atom stereocenters. The fourth-order valence-corrected chi connectivity index (χ4v) is 1.69. The molecule has 0 fully saturated rings. The lowest BCUT2D eigenvalue weighted by Gasteiger charge is -2.06. The van der Waals surface area contributed by atoms with Gasteiger partial charge in [-0.15, -0.1) is 0 Å². The molecule has 0 aliphatic carbocycles. The van der Waals surface area contributed by atoms with Crippen molar-refractivity contribution in [1.29, 1.82) is 0 Å². The largest absolute Gasteiger partial charge is 0.492 e. The number of carbonyl (C=O) groups excluding carboxylic acids is 1. The molecule has 19 heavy (non-hydrogen) atoms. The van der Waals surface area contributed by atoms with Crippen molar-refractivity contribution in [2.45, 2.75) is 46.0 Å². The molecule has 1 rings (SSSR count). The van der Waals surface area contributed by atoms with Crippen molar-refractivity contribution in [2.75, 3.05) is 13.2 Å². The van der Waals surface area contributed by atoms with Crippen LogP contribution in [0.15, 0.2) is 18.3 Å². The number of ether oxygens (including phenoxy) is 2. The van der Waals surface area contributed by atoms with Gasteiger partial charge in [0.05, 0.1) is 19.4 Å². The van der Waals surface area contributed by atoms with Gasteiger partial charge in [0, 0.05) is 12.1 Å². The van der Waals surface area contributed by atoms with Crippen LogP contribution in [0.3, 0.4) is 0 Å². The van der Waals surface area contributed by atoms with E-state index in [0.29, 0.717) is 19.6 Å². The summed E-state index contributed by atoms with van der Waals surface area (Å²) in [5.41, 5.74) is 0.992. The van der Waals surface area contributed by atoms with E-state index in [1.165, 1.54) is 0 Å². The van der Waals surface area contributed by atoms with Gasteiger partial charge in [0.1, 0.15) is 5.75 Å². The highest BCUT2D eigenvalue weighted by atomic mass is 16.5. The Labute approximate surface area is 115 Å². The third-order valence-corrected chi connectivity index (χ3v) is 2.73. The highest BCUT2D eigenvalue weighted by Crippen LogP contribution is 2.10. The molecule has 0 radical (unpaired) electrons. The second kappa shape index (κ2) is 9.36. The van der Waals surface area contributed by atoms with E-state index < -0.39 is 0 Å². The molecule has 0 amide bonds. The molecule has 0 aliphatic heterocycles. The predicted molar refractivity (Wildman–Crippen MR) is 74.2 cm³/mol. The summed E-state index contributed by atoms with van der Waals surface area (Å²) < 4.78 is 10.4. The number of rotatable bonds is 9. The number of aromatic nitrogens is 1. The Bertz CT molecular complexity index is 362. The normalized spacial score (nSPS) is 10.2. The quantitative estimate of drug-likeness (QED) is 0.508. The zero-order valence-corrected chi connectivity index (χ0v) is 11.9. The number of hydrogen-bond acceptors (Lipinski definition) is 4. The van der Waals surface area contributed by atoms with Crippen molar-refractivity contribution in [1.82, 2.24) is 4.98 Å². The molecule has 106 valence electrons. The lowest BCUT2D eigenvalue weighted by molar-refractivity contribution is -0.143. The summed E-state index contributed by atoms with van der Waals surface area (Å²) in [4.78, 5) is 15.3. The Balaban J connectivity index is 1.96. The van der Waals surface area contributed by atoms with Gasteiger partial charge in [0.15, 0.2) is 0 Å². The lowest BCUT2D eigenvalue weighted by Crippen LogP contribution is -2.03. The number of hydrogen-bond donors (Lipinski definition) is 0. The van der Waals surface area contributed by atoms with Gasteiger partial charge in [0.25, 0.3) is 0 Å². The van der Waals surface area contributed by atoms with Gasteiger partial charge in [-0.2, -0.15) is 0 Å². The molecule has 1 aromatic heterocycles. The summed E-state index contributed by atoms with van der Waals surface area (Å²) in [5, 5.41) is 0. The number of esters is 1. The second-order valence-electron chi connectivity index (χ2n) is 4.45. The van der Waals surface area contributed by atoms with Crippen molar-refractivity contribution in [2.24, 2.45) is 0 Å². The average molecular weight is 265 g/mol. The van der Waals surface area contributed by atoms with Crippen LogP contribution in [-0.4, -0.2) is 24.2 Å². The third kappa shape index (κ3) is 7.44. The molecule has 4 heteroatoms. The van der Waals surface area contributed by atoms with Crippen LogP contribution in [0, 0.1) is 6.92 Å². The molecule has 0 aliphatic rings. The Morgan fingerprint density at radius 2 is 2.00 bits per heavy atom. The van der Waals surface area contributed by atoms with Gasteiger partial charge in [-0.25, -0.2) is 0 Å². The van der Waals surface area contributed by atoms with Crippen LogP contribution in [0.1, 0.15) is 44.7 Å². The van der Waals surface area contributed by atoms with Gasteiger partial charge >= 0.3 is 5.97 Å². The predicted octanol–water partition coefficient (Wildman–Crippen LogP) is 3.28. The Kier molecular flexibility index (Phi) is 7.63. The van der Waals surface area contributed by atoms with Crippen LogP contribution in [-0.2, 0) is 9.53 Å². The average Bonchev–Trinajstić information content (AvgIpc) is 2.40. The maximum Gasteiger partial charge on any atom is 0.305 e. The van der Waals surface area contributed by atoms with Gasteiger partial charge in [0.2, 0.25) is 0 Å². The van der Waals surface area contributed by atoms with Gasteiger partial charge in [-0.05, 0) is 38.8 Å². The molecule has 0 saturated carbocycles. The summed E-state index contributed by atoms with van der Waals surface area (Å²) in [7, 11) is 0. The zero-order valence-electron chi connectivity index (χ0n) is 11.9. The molecule has 0 unspecified atom stereocenters. The fraction of sp³-hybridized carbons (Fsp3) is 0.600. The molecular formula is C15H23NO3. The topological polar surface area (TPSA) is 48.4 Å². The van der Waals surface area contributed by atoms with Crippen LogP contribution < -0.4 is 4.74 Å². The molecular weight excluding hydrogens is 242 g/mol. The highest BCUT2D eigenvalue weighted by molar-refractivity contribution is 5.69. The first-order valence-electron chi connectivity index (χ1n) is 6.93. The third-order valence-electron chi connectivity index (χ3n) is 2.73.